The van der Waals surface area contributed by atoms with Crippen molar-refractivity contribution in [1.82, 2.24) is 9.97 Å². The maximum absolute atomic E-state index is 14.1. The molecule has 0 saturated carbocycles. The minimum atomic E-state index is -1.29. The Morgan fingerprint density at radius 3 is 2.10 bits per heavy atom. The van der Waals surface area contributed by atoms with Crippen molar-refractivity contribution >= 4 is 34.2 Å². The van der Waals surface area contributed by atoms with E-state index in [0.29, 0.717) is 34.7 Å². The number of azo groups is 1. The van der Waals surface area contributed by atoms with Crippen molar-refractivity contribution in [3.05, 3.63) is 64.7 Å². The highest BCUT2D eigenvalue weighted by molar-refractivity contribution is 6.05. The Hall–Kier alpha value is -4.41. The van der Waals surface area contributed by atoms with Crippen molar-refractivity contribution in [3.8, 4) is 5.75 Å². The van der Waals surface area contributed by atoms with E-state index in [0.717, 1.165) is 43.3 Å². The van der Waals surface area contributed by atoms with Crippen molar-refractivity contribution in [2.45, 2.75) is 136 Å². The molecule has 1 aliphatic rings. The molecule has 0 aliphatic carbocycles. The zero-order chi connectivity index (χ0) is 36.3. The molecule has 0 fully saturated rings. The third-order valence-corrected chi connectivity index (χ3v) is 9.13. The molecule has 1 amide bonds. The van der Waals surface area contributed by atoms with E-state index in [4.69, 9.17) is 9.47 Å². The van der Waals surface area contributed by atoms with E-state index in [9.17, 15) is 14.4 Å². The number of hydrazone groups is 1. The van der Waals surface area contributed by atoms with Gasteiger partial charge in [0.25, 0.3) is 11.6 Å². The molecule has 11 nitrogen and oxygen atoms in total. The van der Waals surface area contributed by atoms with Gasteiger partial charge >= 0.3 is 17.9 Å². The van der Waals surface area contributed by atoms with Gasteiger partial charge in [-0.05, 0) is 44.0 Å². The summed E-state index contributed by atoms with van der Waals surface area (Å²) in [5.41, 5.74) is 0.865. The number of aromatic nitrogens is 2. The zero-order valence-corrected chi connectivity index (χ0v) is 30.8. The highest BCUT2D eigenvalue weighted by Crippen LogP contribution is 2.28. The van der Waals surface area contributed by atoms with Crippen molar-refractivity contribution < 1.29 is 23.9 Å². The number of nitrogens with one attached hydrogen (secondary N) is 2. The largest absolute Gasteiger partial charge is 0.491 e. The van der Waals surface area contributed by atoms with Crippen LogP contribution < -0.4 is 15.6 Å². The molecule has 11 heteroatoms. The average Bonchev–Trinajstić information content (AvgIpc) is 3.51. The number of unbranched alkanes of at least 4 members (excludes halogenated alkanes) is 14. The maximum atomic E-state index is 14.1. The standard InChI is InChI=1S/C40H56N6O5/c1-4-6-8-10-11-12-13-14-15-16-17-23-28-50-34-27-21-20-26-33(34)42-39(48)36(37-41-32-25-19-18-24-31(32)38(47)43-37)46-44-30(3)35(45-46)40(49)51-29-22-9-7-5-2/h18-21,24-27,35-36H,4-17,22-23,28-29H2,1-3H3,(H-,41,42,43,47,48)/p+1. The quantitative estimate of drug-likeness (QED) is 0.0543. The molecule has 276 valence electrons. The molecule has 0 spiro atoms. The number of fused-ring (bicyclic) bond motifs is 1. The Balaban J connectivity index is 1.40. The Morgan fingerprint density at radius 2 is 1.39 bits per heavy atom. The topological polar surface area (TPSA) is 138 Å². The van der Waals surface area contributed by atoms with Crippen LogP contribution in [0.4, 0.5) is 5.69 Å². The number of para-hydroxylation sites is 3. The summed E-state index contributed by atoms with van der Waals surface area (Å²) in [4.78, 5) is 48.7. The van der Waals surface area contributed by atoms with Gasteiger partial charge in [0.1, 0.15) is 11.5 Å². The van der Waals surface area contributed by atoms with Gasteiger partial charge in [0.05, 0.1) is 29.8 Å². The average molecular weight is 702 g/mol. The molecule has 2 aromatic carbocycles. The second-order valence-electron chi connectivity index (χ2n) is 13.4. The summed E-state index contributed by atoms with van der Waals surface area (Å²) in [7, 11) is 0. The van der Waals surface area contributed by atoms with E-state index in [2.05, 4.69) is 39.3 Å². The summed E-state index contributed by atoms with van der Waals surface area (Å²) < 4.78 is 11.6. The molecule has 2 N–H and O–H groups in total. The van der Waals surface area contributed by atoms with Crippen LogP contribution in [0.5, 0.6) is 5.75 Å². The van der Waals surface area contributed by atoms with Gasteiger partial charge in [-0.25, -0.2) is 9.78 Å². The summed E-state index contributed by atoms with van der Waals surface area (Å²) >= 11 is 0. The third-order valence-electron chi connectivity index (χ3n) is 9.13. The Labute approximate surface area is 302 Å². The molecule has 2 unspecified atom stereocenters. The number of benzene rings is 2. The summed E-state index contributed by atoms with van der Waals surface area (Å²) in [5.74, 6) is -0.509. The van der Waals surface area contributed by atoms with Crippen LogP contribution in [0.15, 0.2) is 63.5 Å². The monoisotopic (exact) mass is 701 g/mol. The van der Waals surface area contributed by atoms with Gasteiger partial charge in [0.2, 0.25) is 0 Å². The van der Waals surface area contributed by atoms with E-state index in [1.54, 1.807) is 37.3 Å². The van der Waals surface area contributed by atoms with Gasteiger partial charge in [-0.15, -0.1) is 0 Å². The second kappa shape index (κ2) is 21.7. The van der Waals surface area contributed by atoms with Gasteiger partial charge in [-0.1, -0.05) is 128 Å². The zero-order valence-electron chi connectivity index (χ0n) is 30.8. The summed E-state index contributed by atoms with van der Waals surface area (Å²) in [6.45, 7) is 6.85. The molecule has 1 aliphatic heterocycles. The fraction of sp³-hybridized carbons (Fsp3) is 0.575. The van der Waals surface area contributed by atoms with E-state index < -0.39 is 29.5 Å². The lowest BCUT2D eigenvalue weighted by Gasteiger charge is -2.14. The lowest BCUT2D eigenvalue weighted by Crippen LogP contribution is -2.31. The maximum Gasteiger partial charge on any atom is 0.345 e. The fourth-order valence-electron chi connectivity index (χ4n) is 6.16. The number of aromatic amines is 1. The van der Waals surface area contributed by atoms with E-state index in [1.165, 1.54) is 64.2 Å². The molecule has 0 radical (unpaired) electrons. The minimum Gasteiger partial charge on any atom is -0.491 e. The molecule has 51 heavy (non-hydrogen) atoms. The Morgan fingerprint density at radius 1 is 0.804 bits per heavy atom. The molecular weight excluding hydrogens is 644 g/mol. The lowest BCUT2D eigenvalue weighted by atomic mass is 10.1. The second-order valence-corrected chi connectivity index (χ2v) is 13.4. The van der Waals surface area contributed by atoms with Crippen molar-refractivity contribution in [2.24, 2.45) is 10.2 Å². The summed E-state index contributed by atoms with van der Waals surface area (Å²) in [6.07, 6.45) is 19.0. The first-order valence-electron chi connectivity index (χ1n) is 19.2. The summed E-state index contributed by atoms with van der Waals surface area (Å²) in [6, 6.07) is 11.8. The van der Waals surface area contributed by atoms with E-state index in [-0.39, 0.29) is 12.4 Å². The van der Waals surface area contributed by atoms with E-state index in [1.807, 2.05) is 18.2 Å². The third kappa shape index (κ3) is 12.4. The van der Waals surface area contributed by atoms with Crippen LogP contribution in [0.2, 0.25) is 0 Å². The number of carbonyl (C=O) groups excluding carboxylic acids is 2. The number of hydrogen-bond acceptors (Lipinski definition) is 8. The van der Waals surface area contributed by atoms with Crippen LogP contribution in [0, 0.1) is 0 Å². The van der Waals surface area contributed by atoms with Crippen LogP contribution in [0.25, 0.3) is 10.9 Å². The van der Waals surface area contributed by atoms with Gasteiger partial charge in [-0.2, -0.15) is 0 Å². The number of rotatable bonds is 24. The smallest absolute Gasteiger partial charge is 0.345 e. The minimum absolute atomic E-state index is 0.0416. The Bertz CT molecular complexity index is 1670. The predicted molar refractivity (Wildman–Crippen MR) is 201 cm³/mol. The SMILES string of the molecule is CCCCCCCCCCCCCCOc1ccccc1NC(=O)C(c1nc2ccccc2c(=O)[nH]1)[N+]1=NC(C(=O)OCCCCCC)C(C)=N1. The Kier molecular flexibility index (Phi) is 16.8. The number of nitrogens with zero attached hydrogens (tertiary/aromatic N) is 4. The molecule has 0 bridgehead atoms. The van der Waals surface area contributed by atoms with Gasteiger partial charge in [-0.3, -0.25) is 9.59 Å². The number of carbonyl (C=O) groups is 2. The fourth-order valence-corrected chi connectivity index (χ4v) is 6.16. The molecule has 3 aromatic rings. The first-order chi connectivity index (χ1) is 24.9. The first-order valence-corrected chi connectivity index (χ1v) is 19.2. The molecule has 4 rings (SSSR count). The number of anilines is 1. The van der Waals surface area contributed by atoms with Crippen molar-refractivity contribution in [3.63, 3.8) is 0 Å². The molecule has 0 saturated heterocycles. The summed E-state index contributed by atoms with van der Waals surface area (Å²) in [5, 5.41) is 12.3. The lowest BCUT2D eigenvalue weighted by molar-refractivity contribution is -0.623. The van der Waals surface area contributed by atoms with Crippen LogP contribution >= 0.6 is 0 Å². The van der Waals surface area contributed by atoms with Gasteiger partial charge < -0.3 is 19.8 Å². The highest BCUT2D eigenvalue weighted by atomic mass is 16.5. The normalized spacial score (nSPS) is 14.6. The number of amides is 1. The molecule has 2 heterocycles. The van der Waals surface area contributed by atoms with Crippen LogP contribution in [-0.4, -0.2) is 51.6 Å². The first kappa shape index (κ1) is 39.4. The van der Waals surface area contributed by atoms with Crippen molar-refractivity contribution in [2.75, 3.05) is 18.5 Å². The van der Waals surface area contributed by atoms with Gasteiger partial charge in [0.15, 0.2) is 5.82 Å². The number of H-pyrrole nitrogens is 1. The van der Waals surface area contributed by atoms with Gasteiger partial charge in [0, 0.05) is 15.0 Å². The number of ether oxygens (including phenoxy) is 2. The predicted octanol–water partition coefficient (Wildman–Crippen LogP) is 9.03. The number of hydrogen-bond donors (Lipinski definition) is 2. The van der Waals surface area contributed by atoms with Crippen LogP contribution in [0.1, 0.15) is 135 Å². The number of esters is 1. The molecular formula is C40H57N6O5+. The van der Waals surface area contributed by atoms with Crippen LogP contribution in [0.3, 0.4) is 0 Å². The molecule has 2 atom stereocenters. The van der Waals surface area contributed by atoms with E-state index >= 15 is 0 Å². The van der Waals surface area contributed by atoms with Crippen molar-refractivity contribution in [1.29, 1.82) is 0 Å². The molecule has 1 aromatic heterocycles. The van der Waals surface area contributed by atoms with Crippen LogP contribution in [-0.2, 0) is 14.3 Å². The highest BCUT2D eigenvalue weighted by Gasteiger charge is 2.44.